The summed E-state index contributed by atoms with van der Waals surface area (Å²) in [5.41, 5.74) is 1.40. The van der Waals surface area contributed by atoms with Crippen molar-refractivity contribution < 1.29 is 29.5 Å². The highest BCUT2D eigenvalue weighted by Crippen LogP contribution is 2.38. The van der Waals surface area contributed by atoms with Crippen molar-refractivity contribution in [2.75, 3.05) is 18.5 Å². The quantitative estimate of drug-likeness (QED) is 0.389. The number of hydrogen-bond donors (Lipinski definition) is 2. The Morgan fingerprint density at radius 3 is 2.62 bits per heavy atom. The molecule has 0 spiro atoms. The maximum Gasteiger partial charge on any atom is 0.341 e. The van der Waals surface area contributed by atoms with E-state index in [1.165, 1.54) is 11.3 Å². The molecule has 1 atom stereocenters. The number of aryl methyl sites for hydroxylation is 1. The number of rotatable bonds is 12. The van der Waals surface area contributed by atoms with Gasteiger partial charge in [-0.05, 0) is 51.0 Å². The number of aliphatic carboxylic acids is 1. The third-order valence-electron chi connectivity index (χ3n) is 5.12. The highest BCUT2D eigenvalue weighted by Gasteiger charge is 2.28. The van der Waals surface area contributed by atoms with Gasteiger partial charge in [0, 0.05) is 4.88 Å². The molecule has 0 fully saturated rings. The second-order valence-corrected chi connectivity index (χ2v) is 8.50. The number of thiophene rings is 1. The van der Waals surface area contributed by atoms with E-state index in [-0.39, 0.29) is 13.0 Å². The standard InChI is InChI=1S/C21H32N2O5S/c1-3-5-6-9-12-22-15(20(25)26)13-17(24)23-19-18(21(27)28-4-2)14-10-7-8-11-16(14)29-19/h15,22H,3-13H2,1-2H3,(H,23,24)(H,25,26)/t15-/m0/s1. The molecule has 2 rings (SSSR count). The van der Waals surface area contributed by atoms with Crippen molar-refractivity contribution in [1.29, 1.82) is 0 Å². The van der Waals surface area contributed by atoms with Crippen LogP contribution < -0.4 is 15.7 Å². The van der Waals surface area contributed by atoms with Gasteiger partial charge in [-0.1, -0.05) is 19.8 Å². The molecule has 29 heavy (non-hydrogen) atoms. The molecule has 0 saturated heterocycles. The van der Waals surface area contributed by atoms with Gasteiger partial charge >= 0.3 is 5.97 Å². The van der Waals surface area contributed by atoms with Crippen LogP contribution in [0.1, 0.15) is 79.6 Å². The minimum atomic E-state index is -1.24. The van der Waals surface area contributed by atoms with Crippen LogP contribution in [0.2, 0.25) is 0 Å². The molecule has 1 heterocycles. The summed E-state index contributed by atoms with van der Waals surface area (Å²) in [7, 11) is 0. The molecule has 1 amide bonds. The Hall–Kier alpha value is -1.93. The molecular weight excluding hydrogens is 392 g/mol. The van der Waals surface area contributed by atoms with Gasteiger partial charge in [0.05, 0.1) is 31.1 Å². The van der Waals surface area contributed by atoms with Crippen molar-refractivity contribution in [2.45, 2.75) is 77.7 Å². The van der Waals surface area contributed by atoms with Crippen molar-refractivity contribution in [3.8, 4) is 0 Å². The maximum absolute atomic E-state index is 12.5. The van der Waals surface area contributed by atoms with Gasteiger partial charge in [0.25, 0.3) is 0 Å². The molecule has 3 N–H and O–H groups in total. The summed E-state index contributed by atoms with van der Waals surface area (Å²) in [6, 6.07) is -0.933. The molecule has 1 aromatic rings. The van der Waals surface area contributed by atoms with Crippen molar-refractivity contribution in [3.63, 3.8) is 0 Å². The Morgan fingerprint density at radius 1 is 1.17 bits per heavy atom. The zero-order valence-corrected chi connectivity index (χ0v) is 18.2. The van der Waals surface area contributed by atoms with E-state index < -0.39 is 23.9 Å². The topological polar surface area (TPSA) is 112 Å². The Labute approximate surface area is 176 Å². The predicted octanol–water partition coefficient (Wildman–Crippen LogP) is 1.39. The fraction of sp³-hybridized carbons (Fsp3) is 0.667. The monoisotopic (exact) mass is 424 g/mol. The second kappa shape index (κ2) is 11.9. The van der Waals surface area contributed by atoms with Gasteiger partial charge in [0.2, 0.25) is 5.91 Å². The summed E-state index contributed by atoms with van der Waals surface area (Å²) in [4.78, 5) is 37.5. The fourth-order valence-electron chi connectivity index (χ4n) is 3.60. The number of carbonyl (C=O) groups excluding carboxylic acids is 3. The van der Waals surface area contributed by atoms with E-state index in [0.29, 0.717) is 17.1 Å². The summed E-state index contributed by atoms with van der Waals surface area (Å²) in [5.74, 6) is -2.10. The van der Waals surface area contributed by atoms with Gasteiger partial charge < -0.3 is 25.3 Å². The summed E-state index contributed by atoms with van der Waals surface area (Å²) in [5, 5.41) is 16.3. The predicted molar refractivity (Wildman–Crippen MR) is 110 cm³/mol. The number of hydrogen-bond acceptors (Lipinski definition) is 6. The molecule has 0 unspecified atom stereocenters. The fourth-order valence-corrected chi connectivity index (χ4v) is 4.90. The highest BCUT2D eigenvalue weighted by atomic mass is 32.1. The first-order chi connectivity index (χ1) is 14.0. The lowest BCUT2D eigenvalue weighted by atomic mass is 9.95. The molecule has 8 heteroatoms. The normalized spacial score (nSPS) is 14.1. The van der Waals surface area contributed by atoms with Crippen LogP contribution in [-0.4, -0.2) is 37.0 Å². The largest absolute Gasteiger partial charge is 0.544 e. The molecule has 0 bridgehead atoms. The number of unbranched alkanes of at least 4 members (excludes halogenated alkanes) is 3. The first-order valence-corrected chi connectivity index (χ1v) is 11.4. The van der Waals surface area contributed by atoms with E-state index in [1.54, 1.807) is 12.2 Å². The summed E-state index contributed by atoms with van der Waals surface area (Å²) >= 11 is 1.40. The number of amides is 1. The van der Waals surface area contributed by atoms with Gasteiger partial charge in [-0.25, -0.2) is 4.79 Å². The molecule has 162 valence electrons. The third-order valence-corrected chi connectivity index (χ3v) is 6.33. The Morgan fingerprint density at radius 2 is 1.93 bits per heavy atom. The second-order valence-electron chi connectivity index (χ2n) is 7.40. The summed E-state index contributed by atoms with van der Waals surface area (Å²) in [6.45, 7) is 4.77. The Balaban J connectivity index is 2.03. The lowest BCUT2D eigenvalue weighted by Gasteiger charge is -2.16. The first-order valence-electron chi connectivity index (χ1n) is 10.6. The molecule has 0 aromatic carbocycles. The number of carboxylic acids is 1. The number of quaternary nitrogens is 1. The number of carbonyl (C=O) groups is 3. The maximum atomic E-state index is 12.5. The van der Waals surface area contributed by atoms with Crippen LogP contribution in [0.3, 0.4) is 0 Å². The summed E-state index contributed by atoms with van der Waals surface area (Å²) < 4.78 is 5.19. The van der Waals surface area contributed by atoms with Gasteiger partial charge in [0.1, 0.15) is 11.0 Å². The van der Waals surface area contributed by atoms with Crippen molar-refractivity contribution in [2.24, 2.45) is 0 Å². The van der Waals surface area contributed by atoms with Gasteiger partial charge in [0.15, 0.2) is 0 Å². The van der Waals surface area contributed by atoms with Crippen molar-refractivity contribution in [3.05, 3.63) is 16.0 Å². The zero-order chi connectivity index (χ0) is 21.2. The molecule has 7 nitrogen and oxygen atoms in total. The Bertz CT molecular complexity index is 716. The lowest BCUT2D eigenvalue weighted by Crippen LogP contribution is -2.93. The first kappa shape index (κ1) is 23.3. The van der Waals surface area contributed by atoms with Crippen LogP contribution in [0.4, 0.5) is 5.00 Å². The third kappa shape index (κ3) is 6.82. The zero-order valence-electron chi connectivity index (χ0n) is 17.4. The molecule has 1 aromatic heterocycles. The number of fused-ring (bicyclic) bond motifs is 1. The molecule has 0 saturated carbocycles. The number of ether oxygens (including phenoxy) is 1. The Kier molecular flexibility index (Phi) is 9.60. The number of esters is 1. The van der Waals surface area contributed by atoms with Crippen LogP contribution in [0.15, 0.2) is 0 Å². The highest BCUT2D eigenvalue weighted by molar-refractivity contribution is 7.17. The van der Waals surface area contributed by atoms with Gasteiger partial charge in [-0.2, -0.15) is 0 Å². The van der Waals surface area contributed by atoms with Crippen LogP contribution >= 0.6 is 11.3 Å². The number of nitrogens with one attached hydrogen (secondary N) is 1. The van der Waals surface area contributed by atoms with Crippen LogP contribution in [0, 0.1) is 0 Å². The van der Waals surface area contributed by atoms with Crippen LogP contribution in [0.5, 0.6) is 0 Å². The number of nitrogens with two attached hydrogens (primary N) is 1. The molecule has 0 aliphatic heterocycles. The van der Waals surface area contributed by atoms with E-state index in [4.69, 9.17) is 4.74 Å². The van der Waals surface area contributed by atoms with E-state index in [2.05, 4.69) is 12.2 Å². The van der Waals surface area contributed by atoms with E-state index >= 15 is 0 Å². The smallest absolute Gasteiger partial charge is 0.341 e. The SMILES string of the molecule is CCCCCC[NH2+][C@@H](CC(=O)Nc1sc2c(c1C(=O)OCC)CCCC2)C(=O)[O-]. The van der Waals surface area contributed by atoms with Crippen molar-refractivity contribution >= 4 is 34.2 Å². The van der Waals surface area contributed by atoms with Crippen LogP contribution in [-0.2, 0) is 27.2 Å². The van der Waals surface area contributed by atoms with Crippen molar-refractivity contribution in [1.82, 2.24) is 0 Å². The van der Waals surface area contributed by atoms with Gasteiger partial charge in [-0.3, -0.25) is 4.79 Å². The molecule has 1 aliphatic carbocycles. The molecule has 0 radical (unpaired) electrons. The minimum absolute atomic E-state index is 0.194. The average Bonchev–Trinajstić information content (AvgIpc) is 3.04. The lowest BCUT2D eigenvalue weighted by molar-refractivity contribution is -0.682. The van der Waals surface area contributed by atoms with Crippen LogP contribution in [0.25, 0.3) is 0 Å². The van der Waals surface area contributed by atoms with E-state index in [0.717, 1.165) is 61.8 Å². The average molecular weight is 425 g/mol. The molecular formula is C21H32N2O5S. The summed E-state index contributed by atoms with van der Waals surface area (Å²) in [6.07, 6.45) is 7.72. The van der Waals surface area contributed by atoms with Gasteiger partial charge in [-0.15, -0.1) is 11.3 Å². The molecule has 1 aliphatic rings. The number of anilines is 1. The van der Waals surface area contributed by atoms with E-state index in [1.807, 2.05) is 0 Å². The number of carboxylic acid groups (broad SMARTS) is 1. The van der Waals surface area contributed by atoms with E-state index in [9.17, 15) is 19.5 Å². The minimum Gasteiger partial charge on any atom is -0.544 e.